The monoisotopic (exact) mass is 391 g/mol. The molecule has 1 aliphatic rings. The molecule has 0 spiro atoms. The van der Waals surface area contributed by atoms with Crippen molar-refractivity contribution in [3.05, 3.63) is 64.8 Å². The van der Waals surface area contributed by atoms with Crippen molar-refractivity contribution in [3.8, 4) is 0 Å². The van der Waals surface area contributed by atoms with E-state index in [-0.39, 0.29) is 0 Å². The number of carbonyl (C=O) groups is 3. The highest BCUT2D eigenvalue weighted by Crippen LogP contribution is 2.17. The van der Waals surface area contributed by atoms with Gasteiger partial charge in [-0.25, -0.2) is 4.79 Å². The fourth-order valence-electron chi connectivity index (χ4n) is 2.76. The molecule has 1 aliphatic heterocycles. The van der Waals surface area contributed by atoms with Crippen molar-refractivity contribution < 1.29 is 19.1 Å². The van der Waals surface area contributed by atoms with Gasteiger partial charge >= 0.3 is 6.09 Å². The molecule has 2 heterocycles. The molecule has 0 atom stereocenters. The predicted molar refractivity (Wildman–Crippen MR) is 110 cm³/mol. The van der Waals surface area contributed by atoms with Crippen molar-refractivity contribution in [1.29, 1.82) is 0 Å². The van der Waals surface area contributed by atoms with Gasteiger partial charge in [-0.15, -0.1) is 0 Å². The molecular weight excluding hydrogens is 370 g/mol. The Morgan fingerprint density at radius 1 is 1.07 bits per heavy atom. The van der Waals surface area contributed by atoms with Crippen LogP contribution in [0.25, 0.3) is 10.9 Å². The number of hydrogen-bond acceptors (Lipinski definition) is 6. The standard InChI is InChI=1S/C13H14N2O3.C9H7NO/c1-13(2,3)18-12(17)15-11-6-9(8-16)4-5-10(11)7-14-15;11-6-7-1-2-8-4-10-5-9(8)3-7/h4-8H,1-3H3;1-4,6H,5H2. The van der Waals surface area contributed by atoms with Crippen LogP contribution in [0.5, 0.6) is 0 Å². The Kier molecular flexibility index (Phi) is 5.68. The van der Waals surface area contributed by atoms with Crippen molar-refractivity contribution in [1.82, 2.24) is 9.78 Å². The molecule has 0 saturated carbocycles. The number of aliphatic imine (C=N–C) groups is 1. The lowest BCUT2D eigenvalue weighted by molar-refractivity contribution is 0.0522. The van der Waals surface area contributed by atoms with Crippen LogP contribution in [0, 0.1) is 0 Å². The van der Waals surface area contributed by atoms with Crippen molar-refractivity contribution in [3.63, 3.8) is 0 Å². The number of carbonyl (C=O) groups excluding carboxylic acids is 3. The van der Waals surface area contributed by atoms with Crippen molar-refractivity contribution in [2.75, 3.05) is 0 Å². The fraction of sp³-hybridized carbons (Fsp3) is 0.227. The van der Waals surface area contributed by atoms with Crippen LogP contribution in [-0.4, -0.2) is 40.3 Å². The zero-order valence-electron chi connectivity index (χ0n) is 16.5. The van der Waals surface area contributed by atoms with Gasteiger partial charge in [0.15, 0.2) is 0 Å². The lowest BCUT2D eigenvalue weighted by atomic mass is 10.1. The van der Waals surface area contributed by atoms with Crippen LogP contribution in [0.15, 0.2) is 47.6 Å². The molecule has 7 heteroatoms. The first-order chi connectivity index (χ1) is 13.8. The fourth-order valence-corrected chi connectivity index (χ4v) is 2.76. The van der Waals surface area contributed by atoms with E-state index in [1.807, 2.05) is 24.4 Å². The van der Waals surface area contributed by atoms with Gasteiger partial charge in [-0.1, -0.05) is 24.3 Å². The van der Waals surface area contributed by atoms with Crippen LogP contribution < -0.4 is 0 Å². The molecule has 0 bridgehead atoms. The van der Waals surface area contributed by atoms with E-state index in [2.05, 4.69) is 10.1 Å². The summed E-state index contributed by atoms with van der Waals surface area (Å²) in [7, 11) is 0. The third-order valence-electron chi connectivity index (χ3n) is 4.09. The minimum Gasteiger partial charge on any atom is -0.442 e. The number of nitrogens with zero attached hydrogens (tertiary/aromatic N) is 3. The average Bonchev–Trinajstić information content (AvgIpc) is 3.32. The van der Waals surface area contributed by atoms with E-state index in [0.717, 1.165) is 45.9 Å². The van der Waals surface area contributed by atoms with Crippen LogP contribution >= 0.6 is 0 Å². The van der Waals surface area contributed by atoms with Gasteiger partial charge < -0.3 is 4.74 Å². The van der Waals surface area contributed by atoms with E-state index in [9.17, 15) is 14.4 Å². The highest BCUT2D eigenvalue weighted by Gasteiger charge is 2.20. The molecular formula is C22H21N3O4. The Balaban J connectivity index is 0.000000186. The summed E-state index contributed by atoms with van der Waals surface area (Å²) in [6.45, 7) is 6.07. The van der Waals surface area contributed by atoms with E-state index in [1.54, 1.807) is 45.2 Å². The topological polar surface area (TPSA) is 90.6 Å². The zero-order valence-corrected chi connectivity index (χ0v) is 16.5. The smallest absolute Gasteiger partial charge is 0.435 e. The number of hydrogen-bond donors (Lipinski definition) is 0. The quantitative estimate of drug-likeness (QED) is 0.614. The molecule has 4 rings (SSSR count). The molecule has 0 radical (unpaired) electrons. The Morgan fingerprint density at radius 2 is 1.76 bits per heavy atom. The first-order valence-corrected chi connectivity index (χ1v) is 9.05. The summed E-state index contributed by atoms with van der Waals surface area (Å²) in [6, 6.07) is 10.6. The Bertz CT molecular complexity index is 1110. The molecule has 0 unspecified atom stereocenters. The predicted octanol–water partition coefficient (Wildman–Crippen LogP) is 4.06. The van der Waals surface area contributed by atoms with Crippen LogP contribution in [0.4, 0.5) is 4.79 Å². The largest absolute Gasteiger partial charge is 0.442 e. The minimum atomic E-state index is -0.586. The van der Waals surface area contributed by atoms with E-state index < -0.39 is 11.7 Å². The Morgan fingerprint density at radius 3 is 2.45 bits per heavy atom. The van der Waals surface area contributed by atoms with Crippen LogP contribution in [0.1, 0.15) is 52.6 Å². The summed E-state index contributed by atoms with van der Waals surface area (Å²) in [5.74, 6) is 0. The van der Waals surface area contributed by atoms with Gasteiger partial charge in [-0.05, 0) is 44.0 Å². The number of aldehydes is 2. The number of fused-ring (bicyclic) bond motifs is 2. The minimum absolute atomic E-state index is 0.493. The van der Waals surface area contributed by atoms with E-state index >= 15 is 0 Å². The highest BCUT2D eigenvalue weighted by molar-refractivity contribution is 5.91. The SMILES string of the molecule is CC(C)(C)OC(=O)n1ncc2ccc(C=O)cc21.O=Cc1ccc2c(c1)CN=C2. The molecule has 7 nitrogen and oxygen atoms in total. The van der Waals surface area contributed by atoms with Gasteiger partial charge in [0.25, 0.3) is 0 Å². The number of aromatic nitrogens is 2. The van der Waals surface area contributed by atoms with Gasteiger partial charge in [-0.2, -0.15) is 9.78 Å². The maximum absolute atomic E-state index is 11.9. The maximum atomic E-state index is 11.9. The van der Waals surface area contributed by atoms with Gasteiger partial charge in [0.1, 0.15) is 18.2 Å². The van der Waals surface area contributed by atoms with Crippen LogP contribution in [0.2, 0.25) is 0 Å². The lowest BCUT2D eigenvalue weighted by Crippen LogP contribution is -2.27. The van der Waals surface area contributed by atoms with E-state index in [1.165, 1.54) is 0 Å². The maximum Gasteiger partial charge on any atom is 0.435 e. The van der Waals surface area contributed by atoms with Crippen molar-refractivity contribution in [2.24, 2.45) is 4.99 Å². The van der Waals surface area contributed by atoms with Gasteiger partial charge in [0.05, 0.1) is 18.3 Å². The molecule has 0 saturated heterocycles. The van der Waals surface area contributed by atoms with Crippen LogP contribution in [-0.2, 0) is 11.3 Å². The van der Waals surface area contributed by atoms with Gasteiger partial charge in [0.2, 0.25) is 0 Å². The molecule has 2 aromatic carbocycles. The molecule has 3 aromatic rings. The van der Waals surface area contributed by atoms with E-state index in [0.29, 0.717) is 11.1 Å². The lowest BCUT2D eigenvalue weighted by Gasteiger charge is -2.19. The molecule has 148 valence electrons. The zero-order chi connectivity index (χ0) is 21.0. The number of ether oxygens (including phenoxy) is 1. The number of rotatable bonds is 2. The van der Waals surface area contributed by atoms with Gasteiger partial charge in [0, 0.05) is 22.7 Å². The number of benzene rings is 2. The summed E-state index contributed by atoms with van der Waals surface area (Å²) in [5.41, 5.74) is 3.48. The molecule has 1 aromatic heterocycles. The highest BCUT2D eigenvalue weighted by atomic mass is 16.6. The summed E-state index contributed by atoms with van der Waals surface area (Å²) < 4.78 is 6.40. The summed E-state index contributed by atoms with van der Waals surface area (Å²) in [6.07, 6.45) is 4.43. The molecule has 0 fully saturated rings. The normalized spacial score (nSPS) is 12.1. The second kappa shape index (κ2) is 8.18. The molecule has 0 amide bonds. The second-order valence-corrected chi connectivity index (χ2v) is 7.52. The third-order valence-corrected chi connectivity index (χ3v) is 4.09. The second-order valence-electron chi connectivity index (χ2n) is 7.52. The first-order valence-electron chi connectivity index (χ1n) is 9.05. The van der Waals surface area contributed by atoms with E-state index in [4.69, 9.17) is 4.74 Å². The third kappa shape index (κ3) is 4.82. The summed E-state index contributed by atoms with van der Waals surface area (Å²) in [5, 5.41) is 4.76. The Hall–Kier alpha value is -3.61. The molecule has 29 heavy (non-hydrogen) atoms. The van der Waals surface area contributed by atoms with Crippen molar-refractivity contribution in [2.45, 2.75) is 32.9 Å². The van der Waals surface area contributed by atoms with Gasteiger partial charge in [-0.3, -0.25) is 14.6 Å². The molecule has 0 N–H and O–H groups in total. The Labute approximate surface area is 168 Å². The van der Waals surface area contributed by atoms with Crippen molar-refractivity contribution >= 4 is 35.8 Å². The summed E-state index contributed by atoms with van der Waals surface area (Å²) >= 11 is 0. The first kappa shape index (κ1) is 20.1. The average molecular weight is 391 g/mol. The molecule has 0 aliphatic carbocycles. The summed E-state index contributed by atoms with van der Waals surface area (Å²) in [4.78, 5) is 37.1. The van der Waals surface area contributed by atoms with Crippen LogP contribution in [0.3, 0.4) is 0 Å².